The summed E-state index contributed by atoms with van der Waals surface area (Å²) in [7, 11) is 0. The van der Waals surface area contributed by atoms with Crippen LogP contribution < -0.4 is 5.32 Å². The molecule has 0 amide bonds. The number of thiocarbonyl (C=S) groups is 1. The average molecular weight is 653 g/mol. The van der Waals surface area contributed by atoms with E-state index in [0.717, 1.165) is 6.07 Å². The van der Waals surface area contributed by atoms with Gasteiger partial charge in [0, 0.05) is 62.1 Å². The van der Waals surface area contributed by atoms with Crippen molar-refractivity contribution in [3.05, 3.63) is 62.2 Å². The number of rotatable bonds is 9. The smallest absolute Gasteiger partial charge is 0.338 e. The van der Waals surface area contributed by atoms with E-state index in [-0.39, 0.29) is 36.9 Å². The van der Waals surface area contributed by atoms with Crippen molar-refractivity contribution in [2.75, 3.05) is 45.9 Å². The summed E-state index contributed by atoms with van der Waals surface area (Å²) in [5, 5.41) is 15.4. The summed E-state index contributed by atoms with van der Waals surface area (Å²) in [6.07, 6.45) is 1.62. The van der Waals surface area contributed by atoms with E-state index in [4.69, 9.17) is 33.5 Å². The molecular formula is C28H31ClF2N6O4S2. The average Bonchev–Trinajstić information content (AvgIpc) is 3.60. The number of carboxylic acid groups (broad SMARTS) is 1. The second kappa shape index (κ2) is 12.4. The quantitative estimate of drug-likeness (QED) is 0.237. The molecule has 1 aromatic heterocycles. The standard InChI is InChI=1S/C28H31ClF2N6O4S2/c1-4-41-25(38)19-18(13-35-8-9-37-15(11-35)12-36(27(37)42)14-28(2,3)26(39)40)33-23(24-32-7-10-43-24)34-22(19)16-5-6-17(30)21(31)20(16)29/h5-7,10,15,22H,4,8-9,11-14H2,1-3H3,(H,33,34)(H,39,40)/t15-,22?/m0/s1. The van der Waals surface area contributed by atoms with Crippen LogP contribution in [0.1, 0.15) is 37.4 Å². The van der Waals surface area contributed by atoms with Gasteiger partial charge in [0.1, 0.15) is 6.04 Å². The number of piperazine rings is 1. The van der Waals surface area contributed by atoms with Crippen LogP contribution in [0.4, 0.5) is 8.78 Å². The molecule has 15 heteroatoms. The number of ether oxygens (including phenoxy) is 1. The molecule has 3 aliphatic heterocycles. The van der Waals surface area contributed by atoms with Crippen molar-refractivity contribution in [1.82, 2.24) is 25.0 Å². The van der Waals surface area contributed by atoms with Crippen molar-refractivity contribution in [2.45, 2.75) is 32.9 Å². The molecule has 3 aliphatic rings. The maximum Gasteiger partial charge on any atom is 0.338 e. The number of aliphatic carboxylic acids is 1. The molecule has 2 saturated heterocycles. The van der Waals surface area contributed by atoms with Crippen LogP contribution in [0, 0.1) is 17.0 Å². The number of carbonyl (C=O) groups is 2. The minimum Gasteiger partial charge on any atom is -0.481 e. The van der Waals surface area contributed by atoms with Gasteiger partial charge in [-0.05, 0) is 39.1 Å². The molecule has 10 nitrogen and oxygen atoms in total. The Morgan fingerprint density at radius 1 is 1.28 bits per heavy atom. The third-order valence-electron chi connectivity index (χ3n) is 7.68. The maximum absolute atomic E-state index is 14.6. The van der Waals surface area contributed by atoms with Crippen molar-refractivity contribution >= 4 is 58.0 Å². The number of esters is 1. The van der Waals surface area contributed by atoms with Crippen molar-refractivity contribution in [1.29, 1.82) is 0 Å². The molecule has 0 radical (unpaired) electrons. The number of aromatic nitrogens is 1. The zero-order valence-electron chi connectivity index (χ0n) is 23.8. The minimum atomic E-state index is -1.22. The molecule has 1 aromatic carbocycles. The highest BCUT2D eigenvalue weighted by Crippen LogP contribution is 2.38. The van der Waals surface area contributed by atoms with Crippen molar-refractivity contribution in [2.24, 2.45) is 10.4 Å². The van der Waals surface area contributed by atoms with E-state index >= 15 is 0 Å². The predicted molar refractivity (Wildman–Crippen MR) is 162 cm³/mol. The number of amidine groups is 1. The van der Waals surface area contributed by atoms with E-state index in [0.29, 0.717) is 47.8 Å². The summed E-state index contributed by atoms with van der Waals surface area (Å²) >= 11 is 13.3. The first kappa shape index (κ1) is 31.2. The van der Waals surface area contributed by atoms with Gasteiger partial charge in [-0.2, -0.15) is 0 Å². The van der Waals surface area contributed by atoms with Gasteiger partial charge in [0.15, 0.2) is 27.6 Å². The van der Waals surface area contributed by atoms with Crippen LogP contribution in [-0.2, 0) is 14.3 Å². The lowest BCUT2D eigenvalue weighted by Gasteiger charge is -2.38. The maximum atomic E-state index is 14.6. The molecule has 2 aromatic rings. The topological polar surface area (TPSA) is 111 Å². The fourth-order valence-corrected chi connectivity index (χ4v) is 6.71. The van der Waals surface area contributed by atoms with E-state index in [9.17, 15) is 23.5 Å². The molecule has 43 heavy (non-hydrogen) atoms. The second-order valence-electron chi connectivity index (χ2n) is 11.2. The number of nitrogens with one attached hydrogen (secondary N) is 1. The number of fused-ring (bicyclic) bond motifs is 1. The van der Waals surface area contributed by atoms with Gasteiger partial charge in [-0.1, -0.05) is 17.7 Å². The van der Waals surface area contributed by atoms with Crippen LogP contribution in [0.2, 0.25) is 5.02 Å². The lowest BCUT2D eigenvalue weighted by molar-refractivity contribution is -0.147. The van der Waals surface area contributed by atoms with Crippen LogP contribution in [0.3, 0.4) is 0 Å². The Balaban J connectivity index is 1.47. The van der Waals surface area contributed by atoms with Gasteiger partial charge in [-0.3, -0.25) is 14.7 Å². The van der Waals surface area contributed by atoms with Crippen LogP contribution in [0.15, 0.2) is 40.0 Å². The van der Waals surface area contributed by atoms with E-state index < -0.39 is 40.1 Å². The zero-order valence-corrected chi connectivity index (χ0v) is 26.2. The van der Waals surface area contributed by atoms with Gasteiger partial charge < -0.3 is 25.0 Å². The molecule has 2 atom stereocenters. The lowest BCUT2D eigenvalue weighted by atomic mass is 9.93. The number of thiazole rings is 1. The Hall–Kier alpha value is -3.20. The first-order valence-corrected chi connectivity index (χ1v) is 15.4. The molecular weight excluding hydrogens is 622 g/mol. The van der Waals surface area contributed by atoms with E-state index in [1.807, 2.05) is 4.90 Å². The summed E-state index contributed by atoms with van der Waals surface area (Å²) in [6.45, 7) is 8.08. The molecule has 0 bridgehead atoms. The van der Waals surface area contributed by atoms with Gasteiger partial charge in [0.25, 0.3) is 0 Å². The third-order valence-corrected chi connectivity index (χ3v) is 9.33. The molecule has 0 spiro atoms. The highest BCUT2D eigenvalue weighted by molar-refractivity contribution is 7.80. The minimum absolute atomic E-state index is 0.0182. The van der Waals surface area contributed by atoms with Gasteiger partial charge in [0.05, 0.1) is 28.7 Å². The van der Waals surface area contributed by atoms with E-state index in [1.54, 1.807) is 32.3 Å². The highest BCUT2D eigenvalue weighted by atomic mass is 35.5. The van der Waals surface area contributed by atoms with Gasteiger partial charge in [-0.25, -0.2) is 18.6 Å². The summed E-state index contributed by atoms with van der Waals surface area (Å²) in [6, 6.07) is 1.22. The summed E-state index contributed by atoms with van der Waals surface area (Å²) < 4.78 is 34.0. The van der Waals surface area contributed by atoms with Crippen LogP contribution in [0.25, 0.3) is 0 Å². The second-order valence-corrected chi connectivity index (χ2v) is 12.8. The molecule has 0 aliphatic carbocycles. The number of aliphatic imine (C=N–C) groups is 1. The number of carboxylic acids is 1. The monoisotopic (exact) mass is 652 g/mol. The first-order valence-electron chi connectivity index (χ1n) is 13.7. The molecule has 4 heterocycles. The van der Waals surface area contributed by atoms with Crippen LogP contribution in [0.5, 0.6) is 0 Å². The summed E-state index contributed by atoms with van der Waals surface area (Å²) in [4.78, 5) is 40.4. The fraction of sp³-hybridized carbons (Fsp3) is 0.464. The number of hydrogen-bond donors (Lipinski definition) is 2. The number of hydrogen-bond acceptors (Lipinski definition) is 9. The van der Waals surface area contributed by atoms with Crippen LogP contribution >= 0.6 is 35.2 Å². The number of carbonyl (C=O) groups excluding carboxylic acids is 1. The molecule has 1 unspecified atom stereocenters. The molecule has 2 fully saturated rings. The third kappa shape index (κ3) is 6.24. The predicted octanol–water partition coefficient (Wildman–Crippen LogP) is 3.68. The van der Waals surface area contributed by atoms with Crippen LogP contribution in [-0.4, -0.2) is 99.6 Å². The molecule has 5 rings (SSSR count). The molecule has 0 saturated carbocycles. The first-order chi connectivity index (χ1) is 20.4. The number of benzene rings is 1. The Bertz CT molecular complexity index is 1500. The summed E-state index contributed by atoms with van der Waals surface area (Å²) in [5.41, 5.74) is -0.211. The van der Waals surface area contributed by atoms with E-state index in [1.165, 1.54) is 17.4 Å². The Labute approximate surface area is 262 Å². The Morgan fingerprint density at radius 3 is 2.72 bits per heavy atom. The molecule has 230 valence electrons. The Kier molecular flexibility index (Phi) is 9.02. The summed E-state index contributed by atoms with van der Waals surface area (Å²) in [5.74, 6) is -3.51. The fourth-order valence-electron chi connectivity index (χ4n) is 5.48. The SMILES string of the molecule is CCOC(=O)C1=C(CN2CCN3C(=S)N(CC(C)(C)C(=O)O)C[C@@H]3C2)NC(c2nccs2)=NC1c1ccc(F)c(F)c1Cl. The van der Waals surface area contributed by atoms with Crippen molar-refractivity contribution < 1.29 is 28.2 Å². The Morgan fingerprint density at radius 2 is 2.05 bits per heavy atom. The lowest BCUT2D eigenvalue weighted by Crippen LogP contribution is -2.53. The van der Waals surface area contributed by atoms with Crippen molar-refractivity contribution in [3.63, 3.8) is 0 Å². The largest absolute Gasteiger partial charge is 0.481 e. The van der Waals surface area contributed by atoms with Gasteiger partial charge in [0.2, 0.25) is 0 Å². The normalized spacial score (nSPS) is 21.1. The highest BCUT2D eigenvalue weighted by Gasteiger charge is 2.42. The van der Waals surface area contributed by atoms with E-state index in [2.05, 4.69) is 20.1 Å². The van der Waals surface area contributed by atoms with Gasteiger partial charge >= 0.3 is 11.9 Å². The zero-order chi connectivity index (χ0) is 31.1. The van der Waals surface area contributed by atoms with Crippen molar-refractivity contribution in [3.8, 4) is 0 Å². The van der Waals surface area contributed by atoms with Gasteiger partial charge in [-0.15, -0.1) is 11.3 Å². The number of halogens is 3. The molecule has 2 N–H and O–H groups in total. The number of nitrogens with zero attached hydrogens (tertiary/aromatic N) is 5.